The van der Waals surface area contributed by atoms with Gasteiger partial charge in [-0.3, -0.25) is 4.79 Å². The predicted octanol–water partition coefficient (Wildman–Crippen LogP) is 2.46. The minimum atomic E-state index is -0.0468. The van der Waals surface area contributed by atoms with E-state index in [2.05, 4.69) is 10.6 Å². The molecule has 1 aliphatic heterocycles. The summed E-state index contributed by atoms with van der Waals surface area (Å²) < 4.78 is 5.67. The normalized spacial score (nSPS) is 17.0. The van der Waals surface area contributed by atoms with Crippen LogP contribution in [0.3, 0.4) is 0 Å². The van der Waals surface area contributed by atoms with E-state index in [9.17, 15) is 9.59 Å². The number of amides is 3. The molecular weight excluding hydrogens is 318 g/mol. The molecule has 3 amide bonds. The molecule has 1 atom stereocenters. The number of nitrogens with one attached hydrogen (secondary N) is 2. The first-order chi connectivity index (χ1) is 12.0. The minimum absolute atomic E-state index is 0.0409. The van der Waals surface area contributed by atoms with Gasteiger partial charge in [0, 0.05) is 32.6 Å². The first-order valence-corrected chi connectivity index (χ1v) is 9.04. The molecule has 6 nitrogen and oxygen atoms in total. The van der Waals surface area contributed by atoms with Gasteiger partial charge in [0.2, 0.25) is 5.91 Å². The summed E-state index contributed by atoms with van der Waals surface area (Å²) >= 11 is 0. The Morgan fingerprint density at radius 2 is 2.00 bits per heavy atom. The fourth-order valence-electron chi connectivity index (χ4n) is 2.93. The Kier molecular flexibility index (Phi) is 7.57. The number of benzene rings is 1. The maximum Gasteiger partial charge on any atom is 0.317 e. The van der Waals surface area contributed by atoms with Crippen LogP contribution in [0.5, 0.6) is 5.75 Å². The van der Waals surface area contributed by atoms with Gasteiger partial charge in [-0.15, -0.1) is 0 Å². The molecule has 138 valence electrons. The van der Waals surface area contributed by atoms with E-state index < -0.39 is 0 Å². The molecule has 1 aliphatic rings. The predicted molar refractivity (Wildman–Crippen MR) is 97.7 cm³/mol. The molecule has 0 radical (unpaired) electrons. The molecule has 0 saturated carbocycles. The van der Waals surface area contributed by atoms with Gasteiger partial charge in [-0.05, 0) is 44.7 Å². The van der Waals surface area contributed by atoms with Crippen LogP contribution in [-0.2, 0) is 4.79 Å². The third-order valence-electron chi connectivity index (χ3n) is 4.25. The average molecular weight is 347 g/mol. The minimum Gasteiger partial charge on any atom is -0.494 e. The number of hydrogen-bond acceptors (Lipinski definition) is 3. The van der Waals surface area contributed by atoms with Crippen LogP contribution in [-0.4, -0.2) is 49.1 Å². The number of urea groups is 1. The molecule has 0 aromatic heterocycles. The van der Waals surface area contributed by atoms with Crippen LogP contribution in [0.15, 0.2) is 24.3 Å². The molecule has 2 N–H and O–H groups in total. The fraction of sp³-hybridized carbons (Fsp3) is 0.579. The maximum absolute atomic E-state index is 12.2. The third kappa shape index (κ3) is 7.03. The Hall–Kier alpha value is -2.24. The zero-order chi connectivity index (χ0) is 18.1. The van der Waals surface area contributed by atoms with Gasteiger partial charge in [0.25, 0.3) is 0 Å². The van der Waals surface area contributed by atoms with Gasteiger partial charge in [-0.1, -0.05) is 17.7 Å². The summed E-state index contributed by atoms with van der Waals surface area (Å²) in [7, 11) is 0. The van der Waals surface area contributed by atoms with E-state index in [1.807, 2.05) is 31.2 Å². The van der Waals surface area contributed by atoms with Crippen molar-refractivity contribution >= 4 is 11.9 Å². The summed E-state index contributed by atoms with van der Waals surface area (Å²) in [6, 6.07) is 8.03. The van der Waals surface area contributed by atoms with Crippen molar-refractivity contribution in [3.8, 4) is 5.75 Å². The molecule has 0 aliphatic carbocycles. The molecule has 2 rings (SSSR count). The molecule has 1 saturated heterocycles. The highest BCUT2D eigenvalue weighted by Gasteiger charge is 2.23. The Morgan fingerprint density at radius 1 is 1.24 bits per heavy atom. The van der Waals surface area contributed by atoms with Crippen LogP contribution in [0.4, 0.5) is 4.79 Å². The number of nitrogens with zero attached hydrogens (tertiary/aromatic N) is 1. The SMILES string of the molecule is CC(=O)NC1CCCN(C(=O)NCCCCOc2ccc(C)cc2)C1. The quantitative estimate of drug-likeness (QED) is 0.745. The van der Waals surface area contributed by atoms with E-state index in [0.29, 0.717) is 19.7 Å². The standard InChI is InChI=1S/C19H29N3O3/c1-15-7-9-18(10-8-15)25-13-4-3-11-20-19(24)22-12-5-6-17(14-22)21-16(2)23/h7-10,17H,3-6,11-14H2,1-2H3,(H,20,24)(H,21,23). The second kappa shape index (κ2) is 9.91. The summed E-state index contributed by atoms with van der Waals surface area (Å²) in [5, 5.41) is 5.84. The number of likely N-dealkylation sites (tertiary alicyclic amines) is 1. The Labute approximate surface area is 149 Å². The lowest BCUT2D eigenvalue weighted by Crippen LogP contribution is -2.52. The molecule has 6 heteroatoms. The van der Waals surface area contributed by atoms with E-state index in [0.717, 1.165) is 38.0 Å². The summed E-state index contributed by atoms with van der Waals surface area (Å²) in [5.74, 6) is 0.841. The zero-order valence-electron chi connectivity index (χ0n) is 15.2. The van der Waals surface area contributed by atoms with E-state index >= 15 is 0 Å². The molecule has 1 aromatic carbocycles. The van der Waals surface area contributed by atoms with E-state index in [-0.39, 0.29) is 18.0 Å². The largest absolute Gasteiger partial charge is 0.494 e. The lowest BCUT2D eigenvalue weighted by Gasteiger charge is -2.33. The van der Waals surface area contributed by atoms with Crippen molar-refractivity contribution < 1.29 is 14.3 Å². The van der Waals surface area contributed by atoms with Crippen LogP contribution in [0.1, 0.15) is 38.2 Å². The van der Waals surface area contributed by atoms with Crippen molar-refractivity contribution in [3.05, 3.63) is 29.8 Å². The highest BCUT2D eigenvalue weighted by Crippen LogP contribution is 2.12. The second-order valence-electron chi connectivity index (χ2n) is 6.59. The van der Waals surface area contributed by atoms with Crippen LogP contribution < -0.4 is 15.4 Å². The molecule has 0 spiro atoms. The van der Waals surface area contributed by atoms with Gasteiger partial charge in [0.05, 0.1) is 6.61 Å². The van der Waals surface area contributed by atoms with Crippen molar-refractivity contribution in [2.45, 2.75) is 45.6 Å². The van der Waals surface area contributed by atoms with Gasteiger partial charge >= 0.3 is 6.03 Å². The summed E-state index contributed by atoms with van der Waals surface area (Å²) in [4.78, 5) is 25.1. The average Bonchev–Trinajstić information content (AvgIpc) is 2.59. The third-order valence-corrected chi connectivity index (χ3v) is 4.25. The van der Waals surface area contributed by atoms with Gasteiger partial charge in [0.1, 0.15) is 5.75 Å². The number of ether oxygens (including phenoxy) is 1. The lowest BCUT2D eigenvalue weighted by molar-refractivity contribution is -0.119. The summed E-state index contributed by atoms with van der Waals surface area (Å²) in [6.45, 7) is 6.18. The molecule has 0 bridgehead atoms. The van der Waals surface area contributed by atoms with Gasteiger partial charge in [-0.2, -0.15) is 0 Å². The van der Waals surface area contributed by atoms with Gasteiger partial charge in [-0.25, -0.2) is 4.79 Å². The van der Waals surface area contributed by atoms with Crippen molar-refractivity contribution in [2.75, 3.05) is 26.2 Å². The van der Waals surface area contributed by atoms with E-state index in [4.69, 9.17) is 4.74 Å². The van der Waals surface area contributed by atoms with Crippen LogP contribution in [0.25, 0.3) is 0 Å². The van der Waals surface area contributed by atoms with Crippen LogP contribution in [0, 0.1) is 6.92 Å². The number of unbranched alkanes of at least 4 members (excludes halogenated alkanes) is 1. The van der Waals surface area contributed by atoms with Gasteiger partial charge < -0.3 is 20.3 Å². The highest BCUT2D eigenvalue weighted by molar-refractivity contribution is 5.75. The Balaban J connectivity index is 1.57. The number of rotatable bonds is 7. The highest BCUT2D eigenvalue weighted by atomic mass is 16.5. The summed E-state index contributed by atoms with van der Waals surface area (Å²) in [6.07, 6.45) is 3.62. The molecule has 1 aromatic rings. The lowest BCUT2D eigenvalue weighted by atomic mass is 10.1. The topological polar surface area (TPSA) is 70.7 Å². The number of piperidine rings is 1. The van der Waals surface area contributed by atoms with Gasteiger partial charge in [0.15, 0.2) is 0 Å². The molecule has 1 fully saturated rings. The number of hydrogen-bond donors (Lipinski definition) is 2. The zero-order valence-corrected chi connectivity index (χ0v) is 15.2. The van der Waals surface area contributed by atoms with Crippen molar-refractivity contribution in [2.24, 2.45) is 0 Å². The molecular formula is C19H29N3O3. The monoisotopic (exact) mass is 347 g/mol. The summed E-state index contributed by atoms with van der Waals surface area (Å²) in [5.41, 5.74) is 1.22. The van der Waals surface area contributed by atoms with E-state index in [1.165, 1.54) is 12.5 Å². The Morgan fingerprint density at radius 3 is 2.72 bits per heavy atom. The molecule has 25 heavy (non-hydrogen) atoms. The van der Waals surface area contributed by atoms with Crippen molar-refractivity contribution in [1.82, 2.24) is 15.5 Å². The molecule has 1 unspecified atom stereocenters. The van der Waals surface area contributed by atoms with E-state index in [1.54, 1.807) is 4.90 Å². The Bertz CT molecular complexity index is 560. The smallest absolute Gasteiger partial charge is 0.317 e. The fourth-order valence-corrected chi connectivity index (χ4v) is 2.93. The molecule has 1 heterocycles. The van der Waals surface area contributed by atoms with Crippen molar-refractivity contribution in [1.29, 1.82) is 0 Å². The number of aryl methyl sites for hydroxylation is 1. The first kappa shape index (κ1) is 19.1. The number of carbonyl (C=O) groups excluding carboxylic acids is 2. The van der Waals surface area contributed by atoms with Crippen LogP contribution in [0.2, 0.25) is 0 Å². The first-order valence-electron chi connectivity index (χ1n) is 9.04. The second-order valence-corrected chi connectivity index (χ2v) is 6.59. The van der Waals surface area contributed by atoms with Crippen molar-refractivity contribution in [3.63, 3.8) is 0 Å². The number of carbonyl (C=O) groups is 2. The van der Waals surface area contributed by atoms with Crippen LogP contribution >= 0.6 is 0 Å². The maximum atomic E-state index is 12.2.